The molecule has 0 aromatic heterocycles. The highest BCUT2D eigenvalue weighted by Crippen LogP contribution is 2.60. The van der Waals surface area contributed by atoms with Gasteiger partial charge in [0.2, 0.25) is 5.91 Å². The summed E-state index contributed by atoms with van der Waals surface area (Å²) < 4.78 is 5.48. The Morgan fingerprint density at radius 3 is 2.74 bits per heavy atom. The van der Waals surface area contributed by atoms with E-state index in [-0.39, 0.29) is 46.5 Å². The molecule has 6 nitrogen and oxygen atoms in total. The van der Waals surface area contributed by atoms with Crippen LogP contribution in [0, 0.1) is 30.6 Å². The van der Waals surface area contributed by atoms with Gasteiger partial charge in [-0.15, -0.1) is 0 Å². The van der Waals surface area contributed by atoms with Gasteiger partial charge in [-0.1, -0.05) is 39.7 Å². The Hall–Kier alpha value is -2.38. The normalized spacial score (nSPS) is 30.2. The van der Waals surface area contributed by atoms with Crippen molar-refractivity contribution in [3.05, 3.63) is 58.6 Å². The van der Waals surface area contributed by atoms with Gasteiger partial charge in [0.25, 0.3) is 5.91 Å². The molecule has 31 heavy (non-hydrogen) atoms. The van der Waals surface area contributed by atoms with Crippen LogP contribution in [0.2, 0.25) is 5.02 Å². The van der Waals surface area contributed by atoms with Crippen molar-refractivity contribution >= 4 is 56.7 Å². The zero-order valence-electron chi connectivity index (χ0n) is 16.6. The number of fused-ring (bicyclic) bond motifs is 1. The fraction of sp³-hybridized carbons (Fsp3) is 0.348. The number of esters is 1. The maximum atomic E-state index is 13.1. The van der Waals surface area contributed by atoms with Crippen LogP contribution in [0.15, 0.2) is 42.5 Å². The summed E-state index contributed by atoms with van der Waals surface area (Å²) in [5.41, 5.74) is 2.44. The quantitative estimate of drug-likeness (QED) is 0.478. The Balaban J connectivity index is 1.32. The Morgan fingerprint density at radius 1 is 1.13 bits per heavy atom. The number of alkyl halides is 1. The van der Waals surface area contributed by atoms with Gasteiger partial charge in [-0.25, -0.2) is 0 Å². The van der Waals surface area contributed by atoms with Crippen LogP contribution >= 0.6 is 27.5 Å². The summed E-state index contributed by atoms with van der Waals surface area (Å²) in [6, 6.07) is 12.0. The van der Waals surface area contributed by atoms with Gasteiger partial charge in [0, 0.05) is 27.9 Å². The Bertz CT molecular complexity index is 1110. The monoisotopic (exact) mass is 502 g/mol. The molecule has 2 saturated carbocycles. The van der Waals surface area contributed by atoms with Crippen LogP contribution in [0.5, 0.6) is 0 Å². The molecule has 3 aliphatic rings. The first kappa shape index (κ1) is 20.5. The topological polar surface area (TPSA) is 84.5 Å². The van der Waals surface area contributed by atoms with Gasteiger partial charge in [-0.3, -0.25) is 14.4 Å². The van der Waals surface area contributed by atoms with E-state index < -0.39 is 5.92 Å². The van der Waals surface area contributed by atoms with Gasteiger partial charge in [0.05, 0.1) is 16.7 Å². The van der Waals surface area contributed by atoms with E-state index >= 15 is 0 Å². The Morgan fingerprint density at radius 2 is 1.94 bits per heavy atom. The van der Waals surface area contributed by atoms with Crippen molar-refractivity contribution in [1.29, 1.82) is 0 Å². The second-order valence-corrected chi connectivity index (χ2v) is 9.94. The summed E-state index contributed by atoms with van der Waals surface area (Å²) in [6.45, 7) is 1.88. The van der Waals surface area contributed by atoms with Crippen LogP contribution in [0.1, 0.15) is 22.3 Å². The molecule has 5 rings (SSSR count). The number of halogens is 2. The number of carbonyl (C=O) groups excluding carboxylic acids is 3. The third-order valence-electron chi connectivity index (χ3n) is 6.67. The second kappa shape index (κ2) is 7.64. The van der Waals surface area contributed by atoms with Gasteiger partial charge in [0.1, 0.15) is 6.10 Å². The number of carbonyl (C=O) groups is 3. The first-order valence-electron chi connectivity index (χ1n) is 10.2. The van der Waals surface area contributed by atoms with E-state index in [9.17, 15) is 14.4 Å². The van der Waals surface area contributed by atoms with E-state index in [2.05, 4.69) is 26.6 Å². The van der Waals surface area contributed by atoms with Crippen LogP contribution in [0.4, 0.5) is 11.4 Å². The molecule has 0 spiro atoms. The van der Waals surface area contributed by atoms with E-state index in [4.69, 9.17) is 16.3 Å². The molecule has 0 unspecified atom stereocenters. The number of hydrogen-bond acceptors (Lipinski definition) is 4. The van der Waals surface area contributed by atoms with Crippen molar-refractivity contribution < 1.29 is 19.1 Å². The highest BCUT2D eigenvalue weighted by Gasteiger charge is 2.67. The van der Waals surface area contributed by atoms with Crippen LogP contribution in [-0.2, 0) is 14.3 Å². The standard InChI is InChI=1S/C23H20BrClN2O4/c1-10-5-6-12(25)8-16(10)27-21(28)11-3-2-4-13(7-11)26-22(29)17-14-9-15-18(17)23(30)31-20(15)19(14)24/h2-8,14-15,17-20H,9H2,1H3,(H,26,29)(H,27,28)/t14-,15-,17-,18-,19+,20+/m1/s1. The smallest absolute Gasteiger partial charge is 0.310 e. The number of hydrogen-bond donors (Lipinski definition) is 2. The molecule has 1 aliphatic heterocycles. The summed E-state index contributed by atoms with van der Waals surface area (Å²) in [4.78, 5) is 38.1. The van der Waals surface area contributed by atoms with Crippen LogP contribution < -0.4 is 10.6 Å². The molecule has 3 fully saturated rings. The molecule has 0 radical (unpaired) electrons. The van der Waals surface area contributed by atoms with E-state index in [1.165, 1.54) is 0 Å². The Labute approximate surface area is 192 Å². The summed E-state index contributed by atoms with van der Waals surface area (Å²) in [7, 11) is 0. The third kappa shape index (κ3) is 3.44. The number of benzene rings is 2. The van der Waals surface area contributed by atoms with Gasteiger partial charge in [0.15, 0.2) is 0 Å². The molecule has 2 bridgehead atoms. The average Bonchev–Trinajstić information content (AvgIpc) is 3.35. The molecule has 8 heteroatoms. The molecule has 2 aromatic rings. The molecule has 2 aliphatic carbocycles. The van der Waals surface area contributed by atoms with E-state index in [1.54, 1.807) is 36.4 Å². The predicted molar refractivity (Wildman–Crippen MR) is 120 cm³/mol. The number of nitrogens with one attached hydrogen (secondary N) is 2. The Kier molecular flexibility index (Phi) is 5.06. The van der Waals surface area contributed by atoms with Crippen LogP contribution in [0.25, 0.3) is 0 Å². The zero-order chi connectivity index (χ0) is 21.9. The lowest BCUT2D eigenvalue weighted by molar-refractivity contribution is -0.145. The van der Waals surface area contributed by atoms with Gasteiger partial charge in [-0.2, -0.15) is 0 Å². The van der Waals surface area contributed by atoms with Crippen LogP contribution in [-0.4, -0.2) is 28.7 Å². The maximum absolute atomic E-state index is 13.1. The van der Waals surface area contributed by atoms with Gasteiger partial charge in [-0.05, 0) is 55.2 Å². The maximum Gasteiger partial charge on any atom is 0.310 e. The number of rotatable bonds is 4. The van der Waals surface area contributed by atoms with Crippen molar-refractivity contribution in [3.8, 4) is 0 Å². The SMILES string of the molecule is Cc1ccc(Cl)cc1NC(=O)c1cccc(NC(=O)[C@@H]2[C@H]3C[C@H]4[C@H](OC(=O)[C@H]42)[C@H]3Br)c1. The lowest BCUT2D eigenvalue weighted by Gasteiger charge is -2.27. The molecule has 160 valence electrons. The largest absolute Gasteiger partial charge is 0.461 e. The molecule has 1 saturated heterocycles. The zero-order valence-corrected chi connectivity index (χ0v) is 18.9. The average molecular weight is 504 g/mol. The molecular formula is C23H20BrClN2O4. The summed E-state index contributed by atoms with van der Waals surface area (Å²) in [6.07, 6.45) is 0.699. The summed E-state index contributed by atoms with van der Waals surface area (Å²) in [5.74, 6) is -1.40. The van der Waals surface area contributed by atoms with E-state index in [0.717, 1.165) is 12.0 Å². The minimum Gasteiger partial charge on any atom is -0.461 e. The molecule has 2 aromatic carbocycles. The van der Waals surface area contributed by atoms with Crippen LogP contribution in [0.3, 0.4) is 0 Å². The van der Waals surface area contributed by atoms with E-state index in [1.807, 2.05) is 13.0 Å². The fourth-order valence-corrected chi connectivity index (χ4v) is 6.43. The highest BCUT2D eigenvalue weighted by molar-refractivity contribution is 9.09. The second-order valence-electron chi connectivity index (χ2n) is 8.44. The summed E-state index contributed by atoms with van der Waals surface area (Å²) in [5, 5.41) is 6.29. The van der Waals surface area contributed by atoms with Crippen molar-refractivity contribution in [2.24, 2.45) is 23.7 Å². The minimum absolute atomic E-state index is 0.00833. The molecule has 2 N–H and O–H groups in total. The first-order chi connectivity index (χ1) is 14.8. The number of aryl methyl sites for hydroxylation is 1. The predicted octanol–water partition coefficient (Wildman–Crippen LogP) is 4.41. The lowest BCUT2D eigenvalue weighted by Crippen LogP contribution is -2.40. The molecule has 6 atom stereocenters. The van der Waals surface area contributed by atoms with Gasteiger partial charge < -0.3 is 15.4 Å². The molecule has 1 heterocycles. The van der Waals surface area contributed by atoms with Crippen molar-refractivity contribution in [2.75, 3.05) is 10.6 Å². The number of amides is 2. The lowest BCUT2D eigenvalue weighted by atomic mass is 9.79. The third-order valence-corrected chi connectivity index (χ3v) is 8.10. The first-order valence-corrected chi connectivity index (χ1v) is 11.5. The molecular weight excluding hydrogens is 484 g/mol. The van der Waals surface area contributed by atoms with Gasteiger partial charge >= 0.3 is 5.97 Å². The minimum atomic E-state index is -0.424. The number of anilines is 2. The van der Waals surface area contributed by atoms with Crippen molar-refractivity contribution in [1.82, 2.24) is 0 Å². The highest BCUT2D eigenvalue weighted by atomic mass is 79.9. The summed E-state index contributed by atoms with van der Waals surface area (Å²) >= 11 is 9.65. The van der Waals surface area contributed by atoms with Crippen molar-refractivity contribution in [3.63, 3.8) is 0 Å². The molecule has 2 amide bonds. The number of ether oxygens (including phenoxy) is 1. The fourth-order valence-electron chi connectivity index (χ4n) is 5.22. The van der Waals surface area contributed by atoms with E-state index in [0.29, 0.717) is 22.0 Å². The van der Waals surface area contributed by atoms with Crippen molar-refractivity contribution in [2.45, 2.75) is 24.3 Å².